The molecule has 86 valence electrons. The van der Waals surface area contributed by atoms with Crippen LogP contribution >= 0.6 is 0 Å². The molecule has 0 radical (unpaired) electrons. The van der Waals surface area contributed by atoms with E-state index in [2.05, 4.69) is 16.9 Å². The molecule has 0 amide bonds. The first-order valence-electron chi connectivity index (χ1n) is 5.43. The molecule has 0 aromatic carbocycles. The smallest absolute Gasteiger partial charge is 0.0718 e. The van der Waals surface area contributed by atoms with Gasteiger partial charge in [-0.2, -0.15) is 5.10 Å². The first-order chi connectivity index (χ1) is 7.01. The van der Waals surface area contributed by atoms with Crippen molar-refractivity contribution in [1.82, 2.24) is 14.7 Å². The van der Waals surface area contributed by atoms with Crippen molar-refractivity contribution < 1.29 is 5.11 Å². The molecule has 0 aliphatic carbocycles. The first kappa shape index (κ1) is 12.2. The van der Waals surface area contributed by atoms with E-state index in [0.717, 1.165) is 19.6 Å². The minimum absolute atomic E-state index is 0.625. The molecule has 1 aromatic heterocycles. The molecule has 0 aliphatic rings. The number of rotatable bonds is 6. The fourth-order valence-corrected chi connectivity index (χ4v) is 1.57. The number of aromatic nitrogens is 2. The third kappa shape index (κ3) is 4.95. The Labute approximate surface area is 91.5 Å². The van der Waals surface area contributed by atoms with Crippen molar-refractivity contribution in [2.45, 2.75) is 32.9 Å². The van der Waals surface area contributed by atoms with Crippen molar-refractivity contribution in [3.63, 3.8) is 0 Å². The van der Waals surface area contributed by atoms with E-state index in [9.17, 15) is 5.11 Å². The lowest BCUT2D eigenvalue weighted by atomic mass is 10.1. The maximum atomic E-state index is 9.71. The summed E-state index contributed by atoms with van der Waals surface area (Å²) in [6.07, 6.45) is 3.74. The Morgan fingerprint density at radius 2 is 2.20 bits per heavy atom. The van der Waals surface area contributed by atoms with Gasteiger partial charge in [0.05, 0.1) is 12.1 Å². The molecule has 0 bridgehead atoms. The molecule has 0 aliphatic heterocycles. The van der Waals surface area contributed by atoms with Crippen molar-refractivity contribution in [3.8, 4) is 0 Å². The van der Waals surface area contributed by atoms with E-state index in [4.69, 9.17) is 0 Å². The topological polar surface area (TPSA) is 41.3 Å². The Balaban J connectivity index is 2.34. The maximum Gasteiger partial charge on any atom is 0.0718 e. The molecule has 1 rings (SSSR count). The number of hydrogen-bond acceptors (Lipinski definition) is 3. The molecular formula is C11H21N3O. The van der Waals surface area contributed by atoms with Crippen molar-refractivity contribution in [1.29, 1.82) is 0 Å². The lowest BCUT2D eigenvalue weighted by Gasteiger charge is -2.27. The lowest BCUT2D eigenvalue weighted by molar-refractivity contribution is 0.0365. The molecular weight excluding hydrogens is 190 g/mol. The summed E-state index contributed by atoms with van der Waals surface area (Å²) in [7, 11) is 0. The predicted molar refractivity (Wildman–Crippen MR) is 60.6 cm³/mol. The van der Waals surface area contributed by atoms with E-state index in [0.29, 0.717) is 6.54 Å². The third-order valence-electron chi connectivity index (χ3n) is 2.26. The van der Waals surface area contributed by atoms with Crippen LogP contribution in [0, 0.1) is 0 Å². The van der Waals surface area contributed by atoms with Gasteiger partial charge in [-0.15, -0.1) is 0 Å². The van der Waals surface area contributed by atoms with Gasteiger partial charge in [-0.1, -0.05) is 6.92 Å². The summed E-state index contributed by atoms with van der Waals surface area (Å²) >= 11 is 0. The average molecular weight is 211 g/mol. The van der Waals surface area contributed by atoms with Crippen LogP contribution in [0.2, 0.25) is 0 Å². The number of nitrogens with zero attached hydrogens (tertiary/aromatic N) is 3. The number of likely N-dealkylation sites (N-methyl/N-ethyl adjacent to an activating group) is 1. The molecule has 15 heavy (non-hydrogen) atoms. The summed E-state index contributed by atoms with van der Waals surface area (Å²) < 4.78 is 1.91. The molecule has 0 fully saturated rings. The molecule has 0 saturated heterocycles. The third-order valence-corrected chi connectivity index (χ3v) is 2.26. The molecule has 1 N–H and O–H groups in total. The summed E-state index contributed by atoms with van der Waals surface area (Å²) in [5.74, 6) is 0. The van der Waals surface area contributed by atoms with Crippen molar-refractivity contribution in [2.24, 2.45) is 0 Å². The van der Waals surface area contributed by atoms with Gasteiger partial charge in [0, 0.05) is 25.5 Å². The Bertz CT molecular complexity index is 264. The van der Waals surface area contributed by atoms with Gasteiger partial charge < -0.3 is 5.11 Å². The molecule has 0 spiro atoms. The molecule has 1 heterocycles. The van der Waals surface area contributed by atoms with Crippen LogP contribution in [0.4, 0.5) is 0 Å². The average Bonchev–Trinajstić information content (AvgIpc) is 2.62. The molecule has 0 unspecified atom stereocenters. The normalized spacial score (nSPS) is 12.3. The SMILES string of the molecule is CCN(CCn1cccn1)CC(C)(C)O. The van der Waals surface area contributed by atoms with Gasteiger partial charge in [-0.05, 0) is 26.5 Å². The van der Waals surface area contributed by atoms with Crippen molar-refractivity contribution in [2.75, 3.05) is 19.6 Å². The Hall–Kier alpha value is -0.870. The fourth-order valence-electron chi connectivity index (χ4n) is 1.57. The summed E-state index contributed by atoms with van der Waals surface area (Å²) in [5.41, 5.74) is -0.625. The molecule has 4 nitrogen and oxygen atoms in total. The lowest BCUT2D eigenvalue weighted by Crippen LogP contribution is -2.40. The molecule has 0 saturated carbocycles. The highest BCUT2D eigenvalue weighted by Gasteiger charge is 2.16. The van der Waals surface area contributed by atoms with Gasteiger partial charge in [0.25, 0.3) is 0 Å². The zero-order chi connectivity index (χ0) is 11.3. The summed E-state index contributed by atoms with van der Waals surface area (Å²) in [5, 5.41) is 13.9. The maximum absolute atomic E-state index is 9.71. The van der Waals surface area contributed by atoms with E-state index in [-0.39, 0.29) is 0 Å². The van der Waals surface area contributed by atoms with Gasteiger partial charge in [-0.25, -0.2) is 0 Å². The Kier molecular flexibility index (Phi) is 4.29. The zero-order valence-electron chi connectivity index (χ0n) is 9.85. The van der Waals surface area contributed by atoms with E-state index < -0.39 is 5.60 Å². The fraction of sp³-hybridized carbons (Fsp3) is 0.727. The second kappa shape index (κ2) is 5.28. The van der Waals surface area contributed by atoms with Crippen LogP contribution in [0.1, 0.15) is 20.8 Å². The second-order valence-electron chi connectivity index (χ2n) is 4.45. The highest BCUT2D eigenvalue weighted by molar-refractivity contribution is 4.78. The first-order valence-corrected chi connectivity index (χ1v) is 5.43. The van der Waals surface area contributed by atoms with Crippen LogP contribution < -0.4 is 0 Å². The van der Waals surface area contributed by atoms with Gasteiger partial charge in [0.1, 0.15) is 0 Å². The largest absolute Gasteiger partial charge is 0.389 e. The van der Waals surface area contributed by atoms with Crippen LogP contribution in [-0.4, -0.2) is 45.0 Å². The summed E-state index contributed by atoms with van der Waals surface area (Å²) in [6.45, 7) is 9.22. The van der Waals surface area contributed by atoms with Crippen LogP contribution in [0.5, 0.6) is 0 Å². The number of aliphatic hydroxyl groups is 1. The highest BCUT2D eigenvalue weighted by Crippen LogP contribution is 2.04. The predicted octanol–water partition coefficient (Wildman–Crippen LogP) is 0.976. The zero-order valence-corrected chi connectivity index (χ0v) is 9.85. The molecule has 4 heteroatoms. The van der Waals surface area contributed by atoms with E-state index >= 15 is 0 Å². The monoisotopic (exact) mass is 211 g/mol. The van der Waals surface area contributed by atoms with Crippen LogP contribution in [0.15, 0.2) is 18.5 Å². The summed E-state index contributed by atoms with van der Waals surface area (Å²) in [4.78, 5) is 2.22. The summed E-state index contributed by atoms with van der Waals surface area (Å²) in [6, 6.07) is 1.92. The minimum Gasteiger partial charge on any atom is -0.389 e. The Morgan fingerprint density at radius 1 is 1.47 bits per heavy atom. The second-order valence-corrected chi connectivity index (χ2v) is 4.45. The van der Waals surface area contributed by atoms with Crippen LogP contribution in [0.3, 0.4) is 0 Å². The van der Waals surface area contributed by atoms with Crippen LogP contribution in [0.25, 0.3) is 0 Å². The van der Waals surface area contributed by atoms with Crippen molar-refractivity contribution in [3.05, 3.63) is 18.5 Å². The molecule has 1 aromatic rings. The quantitative estimate of drug-likeness (QED) is 0.762. The minimum atomic E-state index is -0.625. The van der Waals surface area contributed by atoms with Gasteiger partial charge in [-0.3, -0.25) is 9.58 Å². The number of hydrogen-bond donors (Lipinski definition) is 1. The van der Waals surface area contributed by atoms with Gasteiger partial charge >= 0.3 is 0 Å². The van der Waals surface area contributed by atoms with E-state index in [1.54, 1.807) is 6.20 Å². The van der Waals surface area contributed by atoms with E-state index in [1.165, 1.54) is 0 Å². The van der Waals surface area contributed by atoms with Gasteiger partial charge in [0.15, 0.2) is 0 Å². The molecule has 0 atom stereocenters. The Morgan fingerprint density at radius 3 is 2.67 bits per heavy atom. The standard InChI is InChI=1S/C11H21N3O/c1-4-13(10-11(2,3)15)8-9-14-7-5-6-12-14/h5-7,15H,4,8-10H2,1-3H3. The van der Waals surface area contributed by atoms with E-state index in [1.807, 2.05) is 30.8 Å². The van der Waals surface area contributed by atoms with Gasteiger partial charge in [0.2, 0.25) is 0 Å². The van der Waals surface area contributed by atoms with Crippen molar-refractivity contribution >= 4 is 0 Å². The highest BCUT2D eigenvalue weighted by atomic mass is 16.3. The van der Waals surface area contributed by atoms with Crippen LogP contribution in [-0.2, 0) is 6.54 Å².